The number of aromatic nitrogens is 2. The van der Waals surface area contributed by atoms with Crippen molar-refractivity contribution in [1.82, 2.24) is 19.8 Å². The van der Waals surface area contributed by atoms with Gasteiger partial charge in [-0.05, 0) is 42.3 Å². The molecule has 0 radical (unpaired) electrons. The second kappa shape index (κ2) is 5.78. The maximum atomic E-state index is 4.69. The van der Waals surface area contributed by atoms with Crippen LogP contribution in [0.2, 0.25) is 0 Å². The molecule has 2 aliphatic heterocycles. The second-order valence-electron chi connectivity index (χ2n) is 6.50. The van der Waals surface area contributed by atoms with E-state index in [0.29, 0.717) is 0 Å². The number of fused-ring (bicyclic) bond motifs is 2. The average Bonchev–Trinajstić information content (AvgIpc) is 2.54. The largest absolute Gasteiger partial charge is 0.302 e. The topological polar surface area (TPSA) is 32.3 Å². The van der Waals surface area contributed by atoms with Crippen molar-refractivity contribution in [2.75, 3.05) is 20.1 Å². The molecule has 0 unspecified atom stereocenters. The second-order valence-corrected chi connectivity index (χ2v) is 6.50. The Balaban J connectivity index is 1.49. The number of hydrogen-bond donors (Lipinski definition) is 0. The summed E-state index contributed by atoms with van der Waals surface area (Å²) in [6.07, 6.45) is 6.17. The Labute approximate surface area is 131 Å². The SMILES string of the molecule is CN1CCc2cnc(CN3CCc4ncccc4C3)cc2C1. The lowest BCUT2D eigenvalue weighted by atomic mass is 10.0. The van der Waals surface area contributed by atoms with Crippen LogP contribution in [-0.2, 0) is 32.5 Å². The highest BCUT2D eigenvalue weighted by atomic mass is 15.1. The molecule has 0 saturated heterocycles. The summed E-state index contributed by atoms with van der Waals surface area (Å²) in [6.45, 7) is 5.19. The Morgan fingerprint density at radius 2 is 2.00 bits per heavy atom. The molecule has 0 atom stereocenters. The van der Waals surface area contributed by atoms with Gasteiger partial charge in [0.1, 0.15) is 0 Å². The first-order valence-electron chi connectivity index (χ1n) is 8.08. The van der Waals surface area contributed by atoms with Crippen molar-refractivity contribution >= 4 is 0 Å². The van der Waals surface area contributed by atoms with Crippen molar-refractivity contribution in [3.05, 3.63) is 58.7 Å². The van der Waals surface area contributed by atoms with Crippen LogP contribution >= 0.6 is 0 Å². The smallest absolute Gasteiger partial charge is 0.0547 e. The van der Waals surface area contributed by atoms with E-state index in [0.717, 1.165) is 45.6 Å². The van der Waals surface area contributed by atoms with E-state index >= 15 is 0 Å². The van der Waals surface area contributed by atoms with Gasteiger partial charge in [0.2, 0.25) is 0 Å². The van der Waals surface area contributed by atoms with E-state index in [2.05, 4.69) is 40.2 Å². The standard InChI is InChI=1S/C18H22N4/c1-21-7-4-14-10-20-17(9-16(14)11-21)13-22-8-5-18-15(12-22)3-2-6-19-18/h2-3,6,9-10H,4-5,7-8,11-13H2,1H3. The number of likely N-dealkylation sites (N-methyl/N-ethyl adjacent to an activating group) is 1. The van der Waals surface area contributed by atoms with Gasteiger partial charge in [0.05, 0.1) is 5.69 Å². The molecular weight excluding hydrogens is 272 g/mol. The minimum absolute atomic E-state index is 0.936. The first-order chi connectivity index (χ1) is 10.8. The Hall–Kier alpha value is -1.78. The molecule has 4 rings (SSSR count). The molecule has 0 aliphatic carbocycles. The summed E-state index contributed by atoms with van der Waals surface area (Å²) in [5.41, 5.74) is 6.71. The summed E-state index contributed by atoms with van der Waals surface area (Å²) < 4.78 is 0. The van der Waals surface area contributed by atoms with Crippen LogP contribution < -0.4 is 0 Å². The van der Waals surface area contributed by atoms with Gasteiger partial charge in [0.15, 0.2) is 0 Å². The highest BCUT2D eigenvalue weighted by Crippen LogP contribution is 2.21. The zero-order valence-corrected chi connectivity index (χ0v) is 13.1. The lowest BCUT2D eigenvalue weighted by molar-refractivity contribution is 0.240. The summed E-state index contributed by atoms with van der Waals surface area (Å²) in [5.74, 6) is 0. The molecule has 0 fully saturated rings. The summed E-state index contributed by atoms with van der Waals surface area (Å²) in [7, 11) is 2.19. The van der Waals surface area contributed by atoms with Gasteiger partial charge in [-0.25, -0.2) is 0 Å². The van der Waals surface area contributed by atoms with Gasteiger partial charge in [0, 0.05) is 57.2 Å². The maximum absolute atomic E-state index is 4.69. The van der Waals surface area contributed by atoms with Crippen LogP contribution in [0.25, 0.3) is 0 Å². The molecule has 2 aliphatic rings. The summed E-state index contributed by atoms with van der Waals surface area (Å²) in [5, 5.41) is 0. The maximum Gasteiger partial charge on any atom is 0.0547 e. The van der Waals surface area contributed by atoms with Gasteiger partial charge in [0.25, 0.3) is 0 Å². The Morgan fingerprint density at radius 3 is 2.95 bits per heavy atom. The lowest BCUT2D eigenvalue weighted by Gasteiger charge is -2.29. The zero-order chi connectivity index (χ0) is 14.9. The quantitative estimate of drug-likeness (QED) is 0.848. The highest BCUT2D eigenvalue weighted by Gasteiger charge is 2.19. The van der Waals surface area contributed by atoms with Crippen molar-refractivity contribution in [1.29, 1.82) is 0 Å². The lowest BCUT2D eigenvalue weighted by Crippen LogP contribution is -2.31. The van der Waals surface area contributed by atoms with E-state index < -0.39 is 0 Å². The van der Waals surface area contributed by atoms with Crippen LogP contribution in [0.3, 0.4) is 0 Å². The van der Waals surface area contributed by atoms with Crippen molar-refractivity contribution in [3.8, 4) is 0 Å². The summed E-state index contributed by atoms with van der Waals surface area (Å²) >= 11 is 0. The number of pyridine rings is 2. The van der Waals surface area contributed by atoms with Crippen LogP contribution in [0.15, 0.2) is 30.6 Å². The van der Waals surface area contributed by atoms with Gasteiger partial charge in [-0.1, -0.05) is 6.07 Å². The van der Waals surface area contributed by atoms with Crippen molar-refractivity contribution in [3.63, 3.8) is 0 Å². The molecule has 0 spiro atoms. The summed E-state index contributed by atoms with van der Waals surface area (Å²) in [6, 6.07) is 6.54. The third kappa shape index (κ3) is 2.76. The van der Waals surface area contributed by atoms with E-state index in [9.17, 15) is 0 Å². The van der Waals surface area contributed by atoms with E-state index in [-0.39, 0.29) is 0 Å². The molecule has 0 saturated carbocycles. The van der Waals surface area contributed by atoms with Gasteiger partial charge in [-0.3, -0.25) is 14.9 Å². The molecule has 0 bridgehead atoms. The van der Waals surface area contributed by atoms with Crippen LogP contribution in [0.1, 0.15) is 28.1 Å². The fraction of sp³-hybridized carbons (Fsp3) is 0.444. The minimum atomic E-state index is 0.936. The molecule has 0 amide bonds. The molecule has 22 heavy (non-hydrogen) atoms. The van der Waals surface area contributed by atoms with E-state index in [1.807, 2.05) is 12.3 Å². The van der Waals surface area contributed by atoms with E-state index in [1.54, 1.807) is 0 Å². The number of nitrogens with zero attached hydrogens (tertiary/aromatic N) is 4. The molecule has 114 valence electrons. The monoisotopic (exact) mass is 294 g/mol. The normalized spacial score (nSPS) is 18.8. The average molecular weight is 294 g/mol. The number of rotatable bonds is 2. The molecule has 0 aromatic carbocycles. The fourth-order valence-corrected chi connectivity index (χ4v) is 3.50. The molecule has 4 nitrogen and oxygen atoms in total. The predicted molar refractivity (Wildman–Crippen MR) is 86.3 cm³/mol. The molecule has 2 aromatic heterocycles. The molecule has 0 N–H and O–H groups in total. The first-order valence-corrected chi connectivity index (χ1v) is 8.08. The number of hydrogen-bond acceptors (Lipinski definition) is 4. The first kappa shape index (κ1) is 13.9. The van der Waals surface area contributed by atoms with Gasteiger partial charge in [-0.15, -0.1) is 0 Å². The third-order valence-corrected chi connectivity index (χ3v) is 4.77. The van der Waals surface area contributed by atoms with E-state index in [4.69, 9.17) is 4.98 Å². The van der Waals surface area contributed by atoms with Gasteiger partial charge < -0.3 is 4.90 Å². The molecule has 4 heterocycles. The van der Waals surface area contributed by atoms with Gasteiger partial charge >= 0.3 is 0 Å². The molecule has 2 aromatic rings. The fourth-order valence-electron chi connectivity index (χ4n) is 3.50. The van der Waals surface area contributed by atoms with E-state index in [1.165, 1.54) is 28.1 Å². The van der Waals surface area contributed by atoms with Crippen LogP contribution in [-0.4, -0.2) is 39.9 Å². The Bertz CT molecular complexity index is 683. The van der Waals surface area contributed by atoms with Crippen molar-refractivity contribution in [2.24, 2.45) is 0 Å². The Kier molecular flexibility index (Phi) is 3.64. The molecule has 4 heteroatoms. The van der Waals surface area contributed by atoms with Crippen molar-refractivity contribution in [2.45, 2.75) is 32.5 Å². The zero-order valence-electron chi connectivity index (χ0n) is 13.1. The van der Waals surface area contributed by atoms with Crippen LogP contribution in [0.4, 0.5) is 0 Å². The molecular formula is C18H22N4. The predicted octanol–water partition coefficient (Wildman–Crippen LogP) is 2.02. The highest BCUT2D eigenvalue weighted by molar-refractivity contribution is 5.29. The third-order valence-electron chi connectivity index (χ3n) is 4.77. The van der Waals surface area contributed by atoms with Crippen LogP contribution in [0.5, 0.6) is 0 Å². The Morgan fingerprint density at radius 1 is 1.05 bits per heavy atom. The minimum Gasteiger partial charge on any atom is -0.302 e. The van der Waals surface area contributed by atoms with Crippen LogP contribution in [0, 0.1) is 0 Å². The van der Waals surface area contributed by atoms with Crippen molar-refractivity contribution < 1.29 is 0 Å². The summed E-state index contributed by atoms with van der Waals surface area (Å²) in [4.78, 5) is 14.0. The van der Waals surface area contributed by atoms with Gasteiger partial charge in [-0.2, -0.15) is 0 Å².